The molecular formula is C47H31N3S. The topological polar surface area (TPSA) is 30.7 Å². The molecule has 0 saturated heterocycles. The van der Waals surface area contributed by atoms with Gasteiger partial charge in [-0.2, -0.15) is 0 Å². The summed E-state index contributed by atoms with van der Waals surface area (Å²) in [6, 6.07) is 54.5. The molecule has 0 atom stereocenters. The Labute approximate surface area is 299 Å². The minimum Gasteiger partial charge on any atom is -0.308 e. The molecular weight excluding hydrogens is 639 g/mol. The molecule has 7 aromatic carbocycles. The predicted octanol–water partition coefficient (Wildman–Crippen LogP) is 12.7. The second-order valence-corrected chi connectivity index (χ2v) is 15.2. The van der Waals surface area contributed by atoms with E-state index >= 15 is 0 Å². The van der Waals surface area contributed by atoms with E-state index in [1.165, 1.54) is 64.2 Å². The van der Waals surface area contributed by atoms with E-state index in [0.717, 1.165) is 39.2 Å². The van der Waals surface area contributed by atoms with Crippen LogP contribution in [0.1, 0.15) is 25.0 Å². The summed E-state index contributed by atoms with van der Waals surface area (Å²) in [5.74, 6) is 0.727. The van der Waals surface area contributed by atoms with Crippen LogP contribution in [0.25, 0.3) is 92.3 Å². The number of rotatable bonds is 3. The highest BCUT2D eigenvalue weighted by atomic mass is 32.1. The van der Waals surface area contributed by atoms with Crippen LogP contribution in [0.5, 0.6) is 0 Å². The molecule has 0 amide bonds. The Morgan fingerprint density at radius 1 is 0.569 bits per heavy atom. The average molecular weight is 670 g/mol. The van der Waals surface area contributed by atoms with Gasteiger partial charge < -0.3 is 4.57 Å². The number of fused-ring (bicyclic) bond motifs is 13. The summed E-state index contributed by atoms with van der Waals surface area (Å²) in [6.07, 6.45) is 0. The van der Waals surface area contributed by atoms with Gasteiger partial charge in [-0.3, -0.25) is 0 Å². The molecule has 0 spiro atoms. The maximum Gasteiger partial charge on any atom is 0.160 e. The third-order valence-electron chi connectivity index (χ3n) is 11.0. The Kier molecular flexibility index (Phi) is 5.89. The highest BCUT2D eigenvalue weighted by molar-refractivity contribution is 7.26. The van der Waals surface area contributed by atoms with Crippen molar-refractivity contribution in [1.29, 1.82) is 0 Å². The van der Waals surface area contributed by atoms with Gasteiger partial charge in [-0.15, -0.1) is 11.3 Å². The van der Waals surface area contributed by atoms with Gasteiger partial charge in [0.2, 0.25) is 0 Å². The number of benzene rings is 7. The standard InChI is InChI=1S/C47H31N3S/c1-47(2)35-20-10-6-16-31(35)39-40-34-19-9-13-23-38(34)51-45(40)44-41(42(39)47)33-18-8-12-22-37(33)50(44)30-26-24-29(25-27-30)46-48-36-21-11-7-17-32(36)43(49-46)28-14-4-3-5-15-28/h3-27H,1-2H3. The van der Waals surface area contributed by atoms with Gasteiger partial charge in [-0.1, -0.05) is 123 Å². The molecule has 3 aromatic heterocycles. The second-order valence-electron chi connectivity index (χ2n) is 14.1. The van der Waals surface area contributed by atoms with Crippen molar-refractivity contribution in [1.82, 2.24) is 14.5 Å². The van der Waals surface area contributed by atoms with Crippen molar-refractivity contribution in [3.05, 3.63) is 163 Å². The van der Waals surface area contributed by atoms with Crippen LogP contribution in [0.4, 0.5) is 0 Å². The lowest BCUT2D eigenvalue weighted by Crippen LogP contribution is -2.15. The molecule has 10 aromatic rings. The smallest absolute Gasteiger partial charge is 0.160 e. The lowest BCUT2D eigenvalue weighted by Gasteiger charge is -2.23. The first-order chi connectivity index (χ1) is 25.1. The molecule has 240 valence electrons. The Morgan fingerprint density at radius 3 is 2.10 bits per heavy atom. The zero-order chi connectivity index (χ0) is 33.8. The van der Waals surface area contributed by atoms with Gasteiger partial charge >= 0.3 is 0 Å². The van der Waals surface area contributed by atoms with E-state index < -0.39 is 0 Å². The molecule has 3 nitrogen and oxygen atoms in total. The minimum atomic E-state index is -0.163. The maximum atomic E-state index is 5.16. The van der Waals surface area contributed by atoms with Gasteiger partial charge in [0.05, 0.1) is 26.9 Å². The van der Waals surface area contributed by atoms with Crippen molar-refractivity contribution >= 4 is 64.2 Å². The van der Waals surface area contributed by atoms with Crippen molar-refractivity contribution in [2.24, 2.45) is 0 Å². The second kappa shape index (κ2) is 10.5. The highest BCUT2D eigenvalue weighted by Gasteiger charge is 2.40. The van der Waals surface area contributed by atoms with E-state index in [0.29, 0.717) is 0 Å². The zero-order valence-electron chi connectivity index (χ0n) is 28.2. The summed E-state index contributed by atoms with van der Waals surface area (Å²) in [4.78, 5) is 10.2. The first-order valence-corrected chi connectivity index (χ1v) is 18.3. The Bertz CT molecular complexity index is 3040. The van der Waals surface area contributed by atoms with Crippen LogP contribution in [0.3, 0.4) is 0 Å². The zero-order valence-corrected chi connectivity index (χ0v) is 29.0. The number of thiophene rings is 1. The number of nitrogens with zero attached hydrogens (tertiary/aromatic N) is 3. The number of aromatic nitrogens is 3. The molecule has 11 rings (SSSR count). The van der Waals surface area contributed by atoms with Crippen LogP contribution < -0.4 is 0 Å². The Balaban J connectivity index is 1.20. The quantitative estimate of drug-likeness (QED) is 0.187. The molecule has 0 saturated carbocycles. The third-order valence-corrected chi connectivity index (χ3v) is 12.1. The predicted molar refractivity (Wildman–Crippen MR) is 215 cm³/mol. The van der Waals surface area contributed by atoms with Gasteiger partial charge in [0, 0.05) is 53.9 Å². The Hall–Kier alpha value is -6.10. The first-order valence-electron chi connectivity index (χ1n) is 17.5. The van der Waals surface area contributed by atoms with Gasteiger partial charge in [0.25, 0.3) is 0 Å². The first kappa shape index (κ1) is 28.7. The SMILES string of the molecule is CC1(C)c2ccccc2-c2c1c1c3ccccc3n(-c3ccc(-c4nc(-c5ccccc5)c5ccccc5n4)cc3)c1c1sc3ccccc3c21. The number of hydrogen-bond acceptors (Lipinski definition) is 3. The fourth-order valence-corrected chi connectivity index (χ4v) is 9.99. The lowest BCUT2D eigenvalue weighted by molar-refractivity contribution is 0.667. The number of para-hydroxylation sites is 2. The molecule has 0 radical (unpaired) electrons. The highest BCUT2D eigenvalue weighted by Crippen LogP contribution is 2.58. The molecule has 3 heterocycles. The molecule has 51 heavy (non-hydrogen) atoms. The van der Waals surface area contributed by atoms with Crippen molar-refractivity contribution in [3.8, 4) is 39.5 Å². The van der Waals surface area contributed by atoms with E-state index in [-0.39, 0.29) is 5.41 Å². The van der Waals surface area contributed by atoms with E-state index in [1.54, 1.807) is 0 Å². The fraction of sp³-hybridized carbons (Fsp3) is 0.0638. The summed E-state index contributed by atoms with van der Waals surface area (Å²) < 4.78 is 5.16. The summed E-state index contributed by atoms with van der Waals surface area (Å²) in [6.45, 7) is 4.82. The molecule has 0 aliphatic heterocycles. The van der Waals surface area contributed by atoms with Crippen LogP contribution in [-0.4, -0.2) is 14.5 Å². The summed E-state index contributed by atoms with van der Waals surface area (Å²) in [7, 11) is 0. The van der Waals surface area contributed by atoms with E-state index in [9.17, 15) is 0 Å². The number of hydrogen-bond donors (Lipinski definition) is 0. The van der Waals surface area contributed by atoms with Crippen LogP contribution in [0.2, 0.25) is 0 Å². The summed E-state index contributed by atoms with van der Waals surface area (Å²) in [5.41, 5.74) is 13.0. The summed E-state index contributed by atoms with van der Waals surface area (Å²) >= 11 is 1.92. The molecule has 0 bridgehead atoms. The normalized spacial score (nSPS) is 13.5. The lowest BCUT2D eigenvalue weighted by atomic mass is 9.80. The molecule has 0 N–H and O–H groups in total. The Morgan fingerprint density at radius 2 is 1.25 bits per heavy atom. The van der Waals surface area contributed by atoms with Crippen LogP contribution >= 0.6 is 11.3 Å². The van der Waals surface area contributed by atoms with Gasteiger partial charge in [0.1, 0.15) is 0 Å². The van der Waals surface area contributed by atoms with Gasteiger partial charge in [0.15, 0.2) is 5.82 Å². The van der Waals surface area contributed by atoms with Crippen molar-refractivity contribution in [2.45, 2.75) is 19.3 Å². The van der Waals surface area contributed by atoms with E-state index in [1.807, 2.05) is 23.5 Å². The van der Waals surface area contributed by atoms with Crippen LogP contribution in [-0.2, 0) is 5.41 Å². The molecule has 0 unspecified atom stereocenters. The largest absolute Gasteiger partial charge is 0.308 e. The maximum absolute atomic E-state index is 5.16. The van der Waals surface area contributed by atoms with Crippen LogP contribution in [0, 0.1) is 0 Å². The van der Waals surface area contributed by atoms with E-state index in [4.69, 9.17) is 9.97 Å². The van der Waals surface area contributed by atoms with Gasteiger partial charge in [-0.05, 0) is 64.7 Å². The van der Waals surface area contributed by atoms with Crippen molar-refractivity contribution in [3.63, 3.8) is 0 Å². The third kappa shape index (κ3) is 3.94. The van der Waals surface area contributed by atoms with Crippen molar-refractivity contribution < 1.29 is 0 Å². The van der Waals surface area contributed by atoms with Crippen molar-refractivity contribution in [2.75, 3.05) is 0 Å². The fourth-order valence-electron chi connectivity index (χ4n) is 8.74. The molecule has 1 aliphatic carbocycles. The molecule has 4 heteroatoms. The summed E-state index contributed by atoms with van der Waals surface area (Å²) in [5, 5.41) is 6.40. The van der Waals surface area contributed by atoms with E-state index in [2.05, 4.69) is 158 Å². The van der Waals surface area contributed by atoms with Gasteiger partial charge in [-0.25, -0.2) is 9.97 Å². The monoisotopic (exact) mass is 669 g/mol. The molecule has 1 aliphatic rings. The minimum absolute atomic E-state index is 0.163. The molecule has 0 fully saturated rings. The average Bonchev–Trinajstić information content (AvgIpc) is 3.81. The van der Waals surface area contributed by atoms with Crippen LogP contribution in [0.15, 0.2) is 152 Å².